The van der Waals surface area contributed by atoms with Gasteiger partial charge in [0.05, 0.1) is 11.0 Å². The molecule has 0 aliphatic carbocycles. The first kappa shape index (κ1) is 13.9. The minimum Gasteiger partial charge on any atom is -0.480 e. The summed E-state index contributed by atoms with van der Waals surface area (Å²) >= 11 is 0. The lowest BCUT2D eigenvalue weighted by atomic mass is 10.2. The van der Waals surface area contributed by atoms with Gasteiger partial charge in [-0.1, -0.05) is 0 Å². The van der Waals surface area contributed by atoms with E-state index in [9.17, 15) is 22.7 Å². The van der Waals surface area contributed by atoms with E-state index in [2.05, 4.69) is 0 Å². The fourth-order valence-corrected chi connectivity index (χ4v) is 3.65. The van der Waals surface area contributed by atoms with Crippen LogP contribution in [0, 0.1) is 5.82 Å². The Hall–Kier alpha value is -1.51. The predicted octanol–water partition coefficient (Wildman–Crippen LogP) is 0.0342. The average molecular weight is 289 g/mol. The van der Waals surface area contributed by atoms with E-state index in [1.54, 1.807) is 0 Å². The van der Waals surface area contributed by atoms with E-state index in [0.717, 1.165) is 28.6 Å². The molecule has 19 heavy (non-hydrogen) atoms. The summed E-state index contributed by atoms with van der Waals surface area (Å²) in [5.41, 5.74) is 0. The Bertz CT molecular complexity index is 586. The highest BCUT2D eigenvalue weighted by Crippen LogP contribution is 2.26. The Morgan fingerprint density at radius 3 is 2.42 bits per heavy atom. The van der Waals surface area contributed by atoms with Crippen molar-refractivity contribution in [2.75, 3.05) is 6.54 Å². The van der Waals surface area contributed by atoms with Gasteiger partial charge in [-0.25, -0.2) is 12.8 Å². The number of carboxylic acid groups (broad SMARTS) is 1. The first-order valence-corrected chi connectivity index (χ1v) is 6.94. The van der Waals surface area contributed by atoms with Crippen LogP contribution in [0.1, 0.15) is 6.42 Å². The number of carboxylic acids is 1. The van der Waals surface area contributed by atoms with Crippen molar-refractivity contribution < 1.29 is 27.8 Å². The zero-order valence-corrected chi connectivity index (χ0v) is 10.5. The van der Waals surface area contributed by atoms with Gasteiger partial charge in [-0.2, -0.15) is 4.31 Å². The molecule has 0 amide bonds. The number of aliphatic carboxylic acids is 1. The maximum atomic E-state index is 12.8. The van der Waals surface area contributed by atoms with Crippen molar-refractivity contribution in [3.63, 3.8) is 0 Å². The zero-order valence-electron chi connectivity index (χ0n) is 9.73. The maximum absolute atomic E-state index is 12.8. The van der Waals surface area contributed by atoms with Crippen LogP contribution in [-0.4, -0.2) is 47.6 Å². The van der Waals surface area contributed by atoms with Gasteiger partial charge in [-0.05, 0) is 24.3 Å². The van der Waals surface area contributed by atoms with Crippen molar-refractivity contribution in [3.05, 3.63) is 30.1 Å². The molecule has 1 saturated heterocycles. The molecule has 1 heterocycles. The molecule has 8 heteroatoms. The number of β-amino-alcohol motifs (C(OH)–C–C–N with tert-alkyl or cyclic N) is 1. The Balaban J connectivity index is 2.38. The molecule has 0 unspecified atom stereocenters. The van der Waals surface area contributed by atoms with Gasteiger partial charge in [0.1, 0.15) is 11.9 Å². The number of aliphatic hydroxyl groups excluding tert-OH is 1. The standard InChI is InChI=1S/C11H12FNO5S/c12-7-1-3-9(4-2-7)19(17,18)13-6-8(14)5-10(13)11(15)16/h1-4,8,10,14H,5-6H2,(H,15,16)/t8-,10-/m0/s1. The molecule has 1 aliphatic rings. The number of nitrogens with zero attached hydrogens (tertiary/aromatic N) is 1. The summed E-state index contributed by atoms with van der Waals surface area (Å²) < 4.78 is 38.0. The van der Waals surface area contributed by atoms with E-state index < -0.39 is 34.0 Å². The first-order valence-electron chi connectivity index (χ1n) is 5.50. The molecule has 0 radical (unpaired) electrons. The average Bonchev–Trinajstić information content (AvgIpc) is 2.73. The molecule has 2 rings (SSSR count). The highest BCUT2D eigenvalue weighted by atomic mass is 32.2. The first-order chi connectivity index (χ1) is 8.82. The van der Waals surface area contributed by atoms with E-state index in [1.807, 2.05) is 0 Å². The number of benzene rings is 1. The summed E-state index contributed by atoms with van der Waals surface area (Å²) in [6.07, 6.45) is -1.17. The third-order valence-electron chi connectivity index (χ3n) is 2.94. The number of hydrogen-bond donors (Lipinski definition) is 2. The molecule has 2 atom stereocenters. The van der Waals surface area contributed by atoms with E-state index in [1.165, 1.54) is 0 Å². The second-order valence-corrected chi connectivity index (χ2v) is 6.16. The third-order valence-corrected chi connectivity index (χ3v) is 4.83. The molecule has 1 fully saturated rings. The normalized spacial score (nSPS) is 24.5. The Labute approximate surface area is 109 Å². The summed E-state index contributed by atoms with van der Waals surface area (Å²) in [6.45, 7) is -0.281. The van der Waals surface area contributed by atoms with Gasteiger partial charge >= 0.3 is 5.97 Å². The molecule has 0 bridgehead atoms. The number of aliphatic hydroxyl groups is 1. The fourth-order valence-electron chi connectivity index (χ4n) is 2.02. The van der Waals surface area contributed by atoms with Gasteiger partial charge in [-0.15, -0.1) is 0 Å². The van der Waals surface area contributed by atoms with Crippen molar-refractivity contribution in [3.8, 4) is 0 Å². The lowest BCUT2D eigenvalue weighted by molar-refractivity contribution is -0.140. The summed E-state index contributed by atoms with van der Waals surface area (Å²) in [6, 6.07) is 2.79. The number of carbonyl (C=O) groups is 1. The van der Waals surface area contributed by atoms with E-state index in [4.69, 9.17) is 5.11 Å². The minimum atomic E-state index is -4.06. The van der Waals surface area contributed by atoms with Crippen LogP contribution < -0.4 is 0 Å². The van der Waals surface area contributed by atoms with Crippen LogP contribution in [0.15, 0.2) is 29.2 Å². The van der Waals surface area contributed by atoms with E-state index in [-0.39, 0.29) is 17.9 Å². The van der Waals surface area contributed by atoms with Crippen LogP contribution in [0.5, 0.6) is 0 Å². The van der Waals surface area contributed by atoms with Crippen LogP contribution in [0.2, 0.25) is 0 Å². The third kappa shape index (κ3) is 2.60. The molecule has 6 nitrogen and oxygen atoms in total. The predicted molar refractivity (Wildman–Crippen MR) is 62.3 cm³/mol. The molecular weight excluding hydrogens is 277 g/mol. The Morgan fingerprint density at radius 1 is 1.32 bits per heavy atom. The second-order valence-electron chi connectivity index (χ2n) is 4.27. The van der Waals surface area contributed by atoms with Gasteiger partial charge in [0.25, 0.3) is 0 Å². The maximum Gasteiger partial charge on any atom is 0.322 e. The largest absolute Gasteiger partial charge is 0.480 e. The summed E-state index contributed by atoms with van der Waals surface area (Å²) in [5, 5.41) is 18.4. The smallest absolute Gasteiger partial charge is 0.322 e. The lowest BCUT2D eigenvalue weighted by Crippen LogP contribution is -2.40. The van der Waals surface area contributed by atoms with E-state index in [0.29, 0.717) is 0 Å². The number of sulfonamides is 1. The van der Waals surface area contributed by atoms with Crippen LogP contribution in [0.25, 0.3) is 0 Å². The lowest BCUT2D eigenvalue weighted by Gasteiger charge is -2.20. The minimum absolute atomic E-state index is 0.157. The summed E-state index contributed by atoms with van der Waals surface area (Å²) in [7, 11) is -4.06. The molecule has 0 saturated carbocycles. The van der Waals surface area contributed by atoms with Crippen molar-refractivity contribution >= 4 is 16.0 Å². The van der Waals surface area contributed by atoms with Gasteiger partial charge in [0.15, 0.2) is 0 Å². The Kier molecular flexibility index (Phi) is 3.57. The molecule has 2 N–H and O–H groups in total. The monoisotopic (exact) mass is 289 g/mol. The van der Waals surface area contributed by atoms with E-state index >= 15 is 0 Å². The van der Waals surface area contributed by atoms with Crippen molar-refractivity contribution in [2.24, 2.45) is 0 Å². The van der Waals surface area contributed by atoms with Gasteiger partial charge in [-0.3, -0.25) is 4.79 Å². The highest BCUT2D eigenvalue weighted by molar-refractivity contribution is 7.89. The molecule has 0 spiro atoms. The van der Waals surface area contributed by atoms with Crippen molar-refractivity contribution in [2.45, 2.75) is 23.5 Å². The van der Waals surface area contributed by atoms with Crippen LogP contribution in [0.4, 0.5) is 4.39 Å². The van der Waals surface area contributed by atoms with Crippen molar-refractivity contribution in [1.29, 1.82) is 0 Å². The number of hydrogen-bond acceptors (Lipinski definition) is 4. The molecule has 104 valence electrons. The summed E-state index contributed by atoms with van der Waals surface area (Å²) in [5.74, 6) is -1.91. The van der Waals surface area contributed by atoms with Crippen LogP contribution in [0.3, 0.4) is 0 Å². The van der Waals surface area contributed by atoms with Crippen LogP contribution >= 0.6 is 0 Å². The molecule has 1 aromatic rings. The molecule has 0 aromatic heterocycles. The topological polar surface area (TPSA) is 94.9 Å². The number of rotatable bonds is 3. The van der Waals surface area contributed by atoms with Gasteiger partial charge < -0.3 is 10.2 Å². The summed E-state index contributed by atoms with van der Waals surface area (Å²) in [4.78, 5) is 10.8. The fraction of sp³-hybridized carbons (Fsp3) is 0.364. The zero-order chi connectivity index (χ0) is 14.2. The van der Waals surface area contributed by atoms with Gasteiger partial charge in [0, 0.05) is 13.0 Å². The molecule has 1 aromatic carbocycles. The van der Waals surface area contributed by atoms with Crippen LogP contribution in [-0.2, 0) is 14.8 Å². The van der Waals surface area contributed by atoms with Crippen molar-refractivity contribution in [1.82, 2.24) is 4.31 Å². The molecule has 1 aliphatic heterocycles. The Morgan fingerprint density at radius 2 is 1.89 bits per heavy atom. The van der Waals surface area contributed by atoms with Gasteiger partial charge in [0.2, 0.25) is 10.0 Å². The number of halogens is 1. The molecular formula is C11H12FNO5S. The second kappa shape index (κ2) is 4.87. The quantitative estimate of drug-likeness (QED) is 0.819. The SMILES string of the molecule is O=C(O)[C@@H]1C[C@H](O)CN1S(=O)(=O)c1ccc(F)cc1. The highest BCUT2D eigenvalue weighted by Gasteiger charge is 2.43.